The lowest BCUT2D eigenvalue weighted by Crippen LogP contribution is -2.30. The van der Waals surface area contributed by atoms with Gasteiger partial charge in [-0.1, -0.05) is 0 Å². The van der Waals surface area contributed by atoms with Crippen LogP contribution in [0.25, 0.3) is 0 Å². The number of alkyl halides is 3. The molecule has 0 saturated carbocycles. The third kappa shape index (κ3) is 2.90. The minimum absolute atomic E-state index is 0.417. The summed E-state index contributed by atoms with van der Waals surface area (Å²) in [6.07, 6.45) is -1.10. The van der Waals surface area contributed by atoms with Gasteiger partial charge in [0.1, 0.15) is 5.82 Å². The number of halogens is 3. The first-order valence-corrected chi connectivity index (χ1v) is 5.77. The molecule has 2 rings (SSSR count). The fraction of sp³-hybridized carbons (Fsp3) is 0.583. The average Bonchev–Trinajstić information content (AvgIpc) is 2.28. The maximum atomic E-state index is 12.7. The van der Waals surface area contributed by atoms with Gasteiger partial charge in [-0.05, 0) is 38.3 Å². The monoisotopic (exact) mass is 244 g/mol. The SMILES string of the molecule is Cc1cc(C(F)(F)F)cc(N2CCCCC2)n1. The van der Waals surface area contributed by atoms with Crippen molar-refractivity contribution in [2.45, 2.75) is 32.4 Å². The molecule has 0 amide bonds. The number of hydrogen-bond acceptors (Lipinski definition) is 2. The second-order valence-electron chi connectivity index (χ2n) is 4.40. The molecule has 5 heteroatoms. The second kappa shape index (κ2) is 4.55. The molecule has 1 aromatic rings. The predicted molar refractivity (Wildman–Crippen MR) is 60.0 cm³/mol. The van der Waals surface area contributed by atoms with Crippen molar-refractivity contribution >= 4 is 5.82 Å². The molecule has 0 N–H and O–H groups in total. The van der Waals surface area contributed by atoms with Crippen molar-refractivity contribution in [3.8, 4) is 0 Å². The maximum absolute atomic E-state index is 12.7. The quantitative estimate of drug-likeness (QED) is 0.752. The van der Waals surface area contributed by atoms with Crippen LogP contribution in [-0.2, 0) is 6.18 Å². The number of aryl methyl sites for hydroxylation is 1. The summed E-state index contributed by atoms with van der Waals surface area (Å²) < 4.78 is 38.0. The number of hydrogen-bond donors (Lipinski definition) is 0. The van der Waals surface area contributed by atoms with Crippen molar-refractivity contribution in [2.24, 2.45) is 0 Å². The summed E-state index contributed by atoms with van der Waals surface area (Å²) in [5.74, 6) is 0.456. The number of nitrogens with zero attached hydrogens (tertiary/aromatic N) is 2. The van der Waals surface area contributed by atoms with Crippen molar-refractivity contribution in [1.82, 2.24) is 4.98 Å². The Kier molecular flexibility index (Phi) is 3.26. The molecule has 17 heavy (non-hydrogen) atoms. The summed E-state index contributed by atoms with van der Waals surface area (Å²) in [7, 11) is 0. The van der Waals surface area contributed by atoms with E-state index in [1.165, 1.54) is 0 Å². The zero-order valence-corrected chi connectivity index (χ0v) is 9.72. The van der Waals surface area contributed by atoms with E-state index in [1.807, 2.05) is 4.90 Å². The third-order valence-electron chi connectivity index (χ3n) is 2.95. The van der Waals surface area contributed by atoms with E-state index in [-0.39, 0.29) is 0 Å². The van der Waals surface area contributed by atoms with Gasteiger partial charge in [0.25, 0.3) is 0 Å². The molecule has 1 saturated heterocycles. The Morgan fingerprint density at radius 1 is 1.12 bits per heavy atom. The molecule has 0 unspecified atom stereocenters. The largest absolute Gasteiger partial charge is 0.416 e. The molecule has 2 nitrogen and oxygen atoms in total. The minimum Gasteiger partial charge on any atom is -0.357 e. The lowest BCUT2D eigenvalue weighted by atomic mass is 10.1. The minimum atomic E-state index is -4.29. The zero-order valence-electron chi connectivity index (χ0n) is 9.72. The van der Waals surface area contributed by atoms with Crippen molar-refractivity contribution in [3.05, 3.63) is 23.4 Å². The standard InChI is InChI=1S/C12H15F3N2/c1-9-7-10(12(13,14)15)8-11(16-9)17-5-3-2-4-6-17/h7-8H,2-6H2,1H3. The Morgan fingerprint density at radius 3 is 2.35 bits per heavy atom. The maximum Gasteiger partial charge on any atom is 0.416 e. The highest BCUT2D eigenvalue weighted by Gasteiger charge is 2.31. The number of aromatic nitrogens is 1. The number of rotatable bonds is 1. The number of anilines is 1. The normalized spacial score (nSPS) is 17.3. The van der Waals surface area contributed by atoms with Gasteiger partial charge in [0.05, 0.1) is 5.56 Å². The second-order valence-corrected chi connectivity index (χ2v) is 4.40. The van der Waals surface area contributed by atoms with E-state index in [2.05, 4.69) is 4.98 Å². The number of pyridine rings is 1. The van der Waals surface area contributed by atoms with E-state index in [4.69, 9.17) is 0 Å². The Balaban J connectivity index is 2.31. The van der Waals surface area contributed by atoms with Crippen molar-refractivity contribution < 1.29 is 13.2 Å². The van der Waals surface area contributed by atoms with Crippen LogP contribution >= 0.6 is 0 Å². The van der Waals surface area contributed by atoms with E-state index < -0.39 is 11.7 Å². The van der Waals surface area contributed by atoms with Gasteiger partial charge < -0.3 is 4.90 Å². The molecule has 0 aliphatic carbocycles. The summed E-state index contributed by atoms with van der Waals surface area (Å²) >= 11 is 0. The Hall–Kier alpha value is -1.26. The molecule has 0 bridgehead atoms. The van der Waals surface area contributed by atoms with E-state index in [1.54, 1.807) is 6.92 Å². The molecule has 94 valence electrons. The van der Waals surface area contributed by atoms with Gasteiger partial charge in [-0.2, -0.15) is 13.2 Å². The summed E-state index contributed by atoms with van der Waals surface area (Å²) in [6.45, 7) is 3.20. The van der Waals surface area contributed by atoms with E-state index in [9.17, 15) is 13.2 Å². The summed E-state index contributed by atoms with van der Waals surface area (Å²) in [6, 6.07) is 2.24. The van der Waals surface area contributed by atoms with Gasteiger partial charge in [0.15, 0.2) is 0 Å². The van der Waals surface area contributed by atoms with Crippen LogP contribution in [0.5, 0.6) is 0 Å². The van der Waals surface area contributed by atoms with E-state index >= 15 is 0 Å². The molecular formula is C12H15F3N2. The zero-order chi connectivity index (χ0) is 12.5. The van der Waals surface area contributed by atoms with Gasteiger partial charge in [-0.25, -0.2) is 4.98 Å². The van der Waals surface area contributed by atoms with Crippen LogP contribution in [0, 0.1) is 6.92 Å². The van der Waals surface area contributed by atoms with Gasteiger partial charge >= 0.3 is 6.18 Å². The van der Waals surface area contributed by atoms with Gasteiger partial charge in [0, 0.05) is 18.8 Å². The molecule has 0 radical (unpaired) electrons. The van der Waals surface area contributed by atoms with Crippen LogP contribution in [0.15, 0.2) is 12.1 Å². The lowest BCUT2D eigenvalue weighted by molar-refractivity contribution is -0.137. The first-order valence-electron chi connectivity index (χ1n) is 5.77. The van der Waals surface area contributed by atoms with Gasteiger partial charge in [-0.15, -0.1) is 0 Å². The van der Waals surface area contributed by atoms with Crippen LogP contribution < -0.4 is 4.90 Å². The molecule has 1 aliphatic rings. The van der Waals surface area contributed by atoms with Crippen LogP contribution in [0.1, 0.15) is 30.5 Å². The summed E-state index contributed by atoms with van der Waals surface area (Å²) in [4.78, 5) is 6.13. The molecule has 0 spiro atoms. The lowest BCUT2D eigenvalue weighted by Gasteiger charge is -2.28. The Morgan fingerprint density at radius 2 is 1.76 bits per heavy atom. The molecule has 1 fully saturated rings. The van der Waals surface area contributed by atoms with E-state index in [0.717, 1.165) is 44.5 Å². The molecular weight excluding hydrogens is 229 g/mol. The van der Waals surface area contributed by atoms with Crippen LogP contribution in [0.3, 0.4) is 0 Å². The molecule has 0 atom stereocenters. The molecule has 1 aromatic heterocycles. The predicted octanol–water partition coefficient (Wildman–Crippen LogP) is 3.40. The first kappa shape index (κ1) is 12.2. The smallest absolute Gasteiger partial charge is 0.357 e. The van der Waals surface area contributed by atoms with E-state index in [0.29, 0.717) is 11.5 Å². The van der Waals surface area contributed by atoms with Crippen LogP contribution in [0.4, 0.5) is 19.0 Å². The fourth-order valence-electron chi connectivity index (χ4n) is 2.10. The Bertz CT molecular complexity index is 395. The van der Waals surface area contributed by atoms with Crippen molar-refractivity contribution in [2.75, 3.05) is 18.0 Å². The fourth-order valence-corrected chi connectivity index (χ4v) is 2.10. The average molecular weight is 244 g/mol. The van der Waals surface area contributed by atoms with Gasteiger partial charge in [-0.3, -0.25) is 0 Å². The van der Waals surface area contributed by atoms with Crippen LogP contribution in [0.2, 0.25) is 0 Å². The highest BCUT2D eigenvalue weighted by molar-refractivity contribution is 5.43. The summed E-state index contributed by atoms with van der Waals surface area (Å²) in [5, 5.41) is 0. The molecule has 0 aromatic carbocycles. The third-order valence-corrected chi connectivity index (χ3v) is 2.95. The molecule has 2 heterocycles. The number of piperidine rings is 1. The molecule has 1 aliphatic heterocycles. The van der Waals surface area contributed by atoms with Crippen molar-refractivity contribution in [3.63, 3.8) is 0 Å². The van der Waals surface area contributed by atoms with Gasteiger partial charge in [0.2, 0.25) is 0 Å². The highest BCUT2D eigenvalue weighted by atomic mass is 19.4. The Labute approximate surface area is 98.5 Å². The highest BCUT2D eigenvalue weighted by Crippen LogP contribution is 2.32. The van der Waals surface area contributed by atoms with Crippen molar-refractivity contribution in [1.29, 1.82) is 0 Å². The topological polar surface area (TPSA) is 16.1 Å². The van der Waals surface area contributed by atoms with Crippen LogP contribution in [-0.4, -0.2) is 18.1 Å². The summed E-state index contributed by atoms with van der Waals surface area (Å²) in [5.41, 5.74) is -0.189. The first-order chi connectivity index (χ1) is 7.97.